The van der Waals surface area contributed by atoms with Crippen molar-refractivity contribution >= 4 is 23.2 Å². The molecule has 2 amide bonds. The number of carbonyl (C=O) groups excluding carboxylic acids is 2. The number of hydrogen-bond donors (Lipinski definition) is 2. The number of alkyl halides is 3. The van der Waals surface area contributed by atoms with E-state index in [4.69, 9.17) is 10.5 Å². The van der Waals surface area contributed by atoms with Gasteiger partial charge in [0.1, 0.15) is 12.6 Å². The Hall–Kier alpha value is -2.17. The highest BCUT2D eigenvalue weighted by atomic mass is 19.4. The Morgan fingerprint density at radius 2 is 2.06 bits per heavy atom. The van der Waals surface area contributed by atoms with Gasteiger partial charge in [0, 0.05) is 31.9 Å². The molecule has 3 rings (SSSR count). The SMILES string of the molecule is CC(C)CN(CC1CCC1)[C@H](CN)C(=O)Nc1ccc(N2CCOCC2=O)cc1C(F)(F)F. The standard InChI is InChI=1S/C23H33F3N4O3/c1-15(2)12-29(13-16-4-3-5-16)20(11-27)22(32)28-19-7-6-17(10-18(19)23(24,25)26)30-8-9-33-14-21(30)31/h6-7,10,15-16,20H,3-5,8-9,11-14,27H2,1-2H3,(H,28,32)/t20-/m1/s1. The van der Waals surface area contributed by atoms with E-state index in [0.717, 1.165) is 25.3 Å². The highest BCUT2D eigenvalue weighted by Crippen LogP contribution is 2.38. The molecule has 1 aliphatic carbocycles. The van der Waals surface area contributed by atoms with Crippen LogP contribution in [0.4, 0.5) is 24.5 Å². The van der Waals surface area contributed by atoms with E-state index in [1.807, 2.05) is 18.7 Å². The minimum absolute atomic E-state index is 0.00693. The number of benzene rings is 1. The Labute approximate surface area is 192 Å². The molecule has 0 bridgehead atoms. The van der Waals surface area contributed by atoms with Crippen LogP contribution in [-0.4, -0.2) is 62.1 Å². The summed E-state index contributed by atoms with van der Waals surface area (Å²) in [5, 5.41) is 2.46. The van der Waals surface area contributed by atoms with Crippen LogP contribution >= 0.6 is 0 Å². The summed E-state index contributed by atoms with van der Waals surface area (Å²) in [6.45, 7) is 5.66. The number of rotatable bonds is 9. The van der Waals surface area contributed by atoms with E-state index in [1.165, 1.54) is 17.0 Å². The molecule has 0 unspecified atom stereocenters. The molecule has 1 saturated carbocycles. The molecule has 0 aromatic heterocycles. The largest absolute Gasteiger partial charge is 0.418 e. The smallest absolute Gasteiger partial charge is 0.370 e. The van der Waals surface area contributed by atoms with Crippen molar-refractivity contribution in [2.45, 2.75) is 45.3 Å². The minimum Gasteiger partial charge on any atom is -0.370 e. The van der Waals surface area contributed by atoms with E-state index in [2.05, 4.69) is 5.32 Å². The number of hydrogen-bond acceptors (Lipinski definition) is 5. The molecule has 0 spiro atoms. The van der Waals surface area contributed by atoms with E-state index >= 15 is 0 Å². The van der Waals surface area contributed by atoms with E-state index in [1.54, 1.807) is 0 Å². The van der Waals surface area contributed by atoms with E-state index in [0.29, 0.717) is 19.0 Å². The maximum Gasteiger partial charge on any atom is 0.418 e. The van der Waals surface area contributed by atoms with Gasteiger partial charge in [0.05, 0.1) is 17.9 Å². The van der Waals surface area contributed by atoms with Crippen molar-refractivity contribution in [3.8, 4) is 0 Å². The number of nitrogens with zero attached hydrogens (tertiary/aromatic N) is 2. The van der Waals surface area contributed by atoms with E-state index in [9.17, 15) is 22.8 Å². The summed E-state index contributed by atoms with van der Waals surface area (Å²) in [4.78, 5) is 28.4. The Morgan fingerprint density at radius 3 is 2.61 bits per heavy atom. The van der Waals surface area contributed by atoms with Gasteiger partial charge in [-0.25, -0.2) is 0 Å². The molecule has 1 heterocycles. The first-order valence-electron chi connectivity index (χ1n) is 11.4. The quantitative estimate of drug-likeness (QED) is 0.579. The Balaban J connectivity index is 1.83. The molecule has 10 heteroatoms. The van der Waals surface area contributed by atoms with Gasteiger partial charge in [0.25, 0.3) is 5.91 Å². The van der Waals surface area contributed by atoms with Crippen LogP contribution < -0.4 is 16.0 Å². The van der Waals surface area contributed by atoms with Crippen molar-refractivity contribution in [2.75, 3.05) is 49.6 Å². The van der Waals surface area contributed by atoms with Gasteiger partial charge in [-0.05, 0) is 42.9 Å². The summed E-state index contributed by atoms with van der Waals surface area (Å²) in [6.07, 6.45) is -1.37. The Bertz CT molecular complexity index is 843. The number of nitrogens with two attached hydrogens (primary N) is 1. The lowest BCUT2D eigenvalue weighted by Crippen LogP contribution is -2.52. The predicted molar refractivity (Wildman–Crippen MR) is 120 cm³/mol. The monoisotopic (exact) mass is 470 g/mol. The molecule has 1 aliphatic heterocycles. The van der Waals surface area contributed by atoms with Crippen molar-refractivity contribution in [2.24, 2.45) is 17.6 Å². The third-order valence-corrected chi connectivity index (χ3v) is 6.15. The van der Waals surface area contributed by atoms with Crippen LogP contribution in [0.25, 0.3) is 0 Å². The molecule has 2 fully saturated rings. The molecule has 184 valence electrons. The third-order valence-electron chi connectivity index (χ3n) is 6.15. The van der Waals surface area contributed by atoms with E-state index in [-0.39, 0.29) is 43.6 Å². The van der Waals surface area contributed by atoms with Gasteiger partial charge in [0.2, 0.25) is 5.91 Å². The first-order chi connectivity index (χ1) is 15.6. The molecule has 0 radical (unpaired) electrons. The number of morpholine rings is 1. The fourth-order valence-corrected chi connectivity index (χ4v) is 4.28. The van der Waals surface area contributed by atoms with Gasteiger partial charge < -0.3 is 20.7 Å². The van der Waals surface area contributed by atoms with Crippen molar-refractivity contribution in [1.29, 1.82) is 0 Å². The molecule has 33 heavy (non-hydrogen) atoms. The van der Waals surface area contributed by atoms with Crippen molar-refractivity contribution < 1.29 is 27.5 Å². The number of ether oxygens (including phenoxy) is 1. The molecule has 3 N–H and O–H groups in total. The molecular weight excluding hydrogens is 437 g/mol. The van der Waals surface area contributed by atoms with Crippen LogP contribution in [0.5, 0.6) is 0 Å². The summed E-state index contributed by atoms with van der Waals surface area (Å²) in [7, 11) is 0. The van der Waals surface area contributed by atoms with Crippen molar-refractivity contribution in [3.63, 3.8) is 0 Å². The second-order valence-corrected chi connectivity index (χ2v) is 9.21. The van der Waals surface area contributed by atoms with E-state index < -0.39 is 29.6 Å². The normalized spacial score (nSPS) is 18.5. The van der Waals surface area contributed by atoms with Gasteiger partial charge in [0.15, 0.2) is 0 Å². The van der Waals surface area contributed by atoms with Gasteiger partial charge in [-0.15, -0.1) is 0 Å². The average Bonchev–Trinajstić information content (AvgIpc) is 2.70. The van der Waals surface area contributed by atoms with Crippen LogP contribution in [0.2, 0.25) is 0 Å². The summed E-state index contributed by atoms with van der Waals surface area (Å²) in [5.74, 6) is -0.197. The van der Waals surface area contributed by atoms with Crippen molar-refractivity contribution in [1.82, 2.24) is 4.90 Å². The molecule has 1 atom stereocenters. The number of nitrogens with one attached hydrogen (secondary N) is 1. The van der Waals surface area contributed by atoms with Gasteiger partial charge in [-0.3, -0.25) is 14.5 Å². The molecule has 1 aromatic rings. The summed E-state index contributed by atoms with van der Waals surface area (Å²) >= 11 is 0. The highest BCUT2D eigenvalue weighted by Gasteiger charge is 2.37. The van der Waals surface area contributed by atoms with Crippen LogP contribution in [0, 0.1) is 11.8 Å². The van der Waals surface area contributed by atoms with Crippen LogP contribution in [-0.2, 0) is 20.5 Å². The topological polar surface area (TPSA) is 87.9 Å². The number of carbonyl (C=O) groups is 2. The second kappa shape index (κ2) is 10.8. The molecule has 7 nitrogen and oxygen atoms in total. The maximum absolute atomic E-state index is 13.9. The fraction of sp³-hybridized carbons (Fsp3) is 0.652. The lowest BCUT2D eigenvalue weighted by molar-refractivity contribution is -0.137. The molecule has 2 aliphatic rings. The van der Waals surface area contributed by atoms with Crippen LogP contribution in [0.3, 0.4) is 0 Å². The molecular formula is C23H33F3N4O3. The molecule has 1 saturated heterocycles. The van der Waals surface area contributed by atoms with Gasteiger partial charge in [-0.2, -0.15) is 13.2 Å². The number of halogens is 3. The van der Waals surface area contributed by atoms with Crippen LogP contribution in [0.1, 0.15) is 38.7 Å². The first kappa shape index (κ1) is 25.5. The maximum atomic E-state index is 13.9. The number of amides is 2. The summed E-state index contributed by atoms with van der Waals surface area (Å²) in [6, 6.07) is 2.78. The zero-order chi connectivity index (χ0) is 24.2. The Kier molecular flexibility index (Phi) is 8.36. The minimum atomic E-state index is -4.71. The lowest BCUT2D eigenvalue weighted by atomic mass is 9.84. The summed E-state index contributed by atoms with van der Waals surface area (Å²) < 4.78 is 46.7. The first-order valence-corrected chi connectivity index (χ1v) is 11.4. The zero-order valence-corrected chi connectivity index (χ0v) is 19.2. The third kappa shape index (κ3) is 6.45. The summed E-state index contributed by atoms with van der Waals surface area (Å²) in [5.41, 5.74) is 4.69. The molecule has 1 aromatic carbocycles. The Morgan fingerprint density at radius 1 is 1.33 bits per heavy atom. The zero-order valence-electron chi connectivity index (χ0n) is 19.2. The highest BCUT2D eigenvalue weighted by molar-refractivity contribution is 5.98. The van der Waals surface area contributed by atoms with Gasteiger partial charge in [-0.1, -0.05) is 20.3 Å². The van der Waals surface area contributed by atoms with Gasteiger partial charge >= 0.3 is 6.18 Å². The fourth-order valence-electron chi connectivity index (χ4n) is 4.28. The predicted octanol–water partition coefficient (Wildman–Crippen LogP) is 3.09. The number of anilines is 2. The second-order valence-electron chi connectivity index (χ2n) is 9.21. The average molecular weight is 471 g/mol. The van der Waals surface area contributed by atoms with Crippen LogP contribution in [0.15, 0.2) is 18.2 Å². The lowest BCUT2D eigenvalue weighted by Gasteiger charge is -2.37. The van der Waals surface area contributed by atoms with Crippen molar-refractivity contribution in [3.05, 3.63) is 23.8 Å².